The minimum Gasteiger partial charge on any atom is -0.497 e. The number of rotatable bonds is 7. The smallest absolute Gasteiger partial charge is 0.248 e. The van der Waals surface area contributed by atoms with E-state index in [1.807, 2.05) is 31.2 Å². The van der Waals surface area contributed by atoms with E-state index in [4.69, 9.17) is 18.6 Å². The largest absolute Gasteiger partial charge is 0.497 e. The molecular formula is C31H27NO5. The number of anilines is 1. The number of ether oxygens (including phenoxy) is 3. The fourth-order valence-corrected chi connectivity index (χ4v) is 4.46. The standard InChI is InChI=1S/C31H27NO5/c1-19(13-31(33)32-27-12-11-23(34-2)15-30(27)36-4)24-16-25-26(18-37-29(25)17-28(24)35-3)22-10-9-20-7-5-6-8-21(20)14-22/h5-18H,1-4H3,(H,32,33)/b19-13+. The van der Waals surface area contributed by atoms with E-state index in [9.17, 15) is 4.79 Å². The van der Waals surface area contributed by atoms with Crippen LogP contribution in [0, 0.1) is 0 Å². The molecule has 0 aliphatic carbocycles. The third kappa shape index (κ3) is 4.74. The van der Waals surface area contributed by atoms with Gasteiger partial charge < -0.3 is 23.9 Å². The van der Waals surface area contributed by atoms with Gasteiger partial charge in [-0.3, -0.25) is 4.79 Å². The molecule has 0 aliphatic heterocycles. The maximum Gasteiger partial charge on any atom is 0.248 e. The van der Waals surface area contributed by atoms with Crippen molar-refractivity contribution in [1.82, 2.24) is 0 Å². The van der Waals surface area contributed by atoms with Gasteiger partial charge in [-0.15, -0.1) is 0 Å². The first kappa shape index (κ1) is 24.0. The molecule has 0 spiro atoms. The second-order valence-corrected chi connectivity index (χ2v) is 8.64. The molecule has 6 nitrogen and oxygen atoms in total. The van der Waals surface area contributed by atoms with Crippen LogP contribution in [0.2, 0.25) is 0 Å². The quantitative estimate of drug-likeness (QED) is 0.241. The van der Waals surface area contributed by atoms with Crippen molar-refractivity contribution < 1.29 is 23.4 Å². The van der Waals surface area contributed by atoms with Gasteiger partial charge in [0.25, 0.3) is 0 Å². The Morgan fingerprint density at radius 3 is 2.38 bits per heavy atom. The first-order valence-electron chi connectivity index (χ1n) is 11.8. The molecule has 1 N–H and O–H groups in total. The molecule has 4 aromatic carbocycles. The predicted molar refractivity (Wildman–Crippen MR) is 148 cm³/mol. The van der Waals surface area contributed by atoms with E-state index in [1.165, 1.54) is 5.39 Å². The zero-order chi connectivity index (χ0) is 25.9. The summed E-state index contributed by atoms with van der Waals surface area (Å²) in [4.78, 5) is 12.9. The van der Waals surface area contributed by atoms with Crippen LogP contribution in [-0.4, -0.2) is 27.2 Å². The Bertz CT molecular complexity index is 1650. The highest BCUT2D eigenvalue weighted by molar-refractivity contribution is 6.06. The second-order valence-electron chi connectivity index (χ2n) is 8.64. The van der Waals surface area contributed by atoms with Crippen LogP contribution in [0.1, 0.15) is 12.5 Å². The van der Waals surface area contributed by atoms with Gasteiger partial charge in [-0.1, -0.05) is 36.4 Å². The molecule has 0 unspecified atom stereocenters. The number of hydrogen-bond donors (Lipinski definition) is 1. The van der Waals surface area contributed by atoms with Gasteiger partial charge in [0.15, 0.2) is 0 Å². The van der Waals surface area contributed by atoms with Gasteiger partial charge in [-0.05, 0) is 53.1 Å². The molecule has 0 aliphatic rings. The summed E-state index contributed by atoms with van der Waals surface area (Å²) in [6.07, 6.45) is 3.31. The number of carbonyl (C=O) groups excluding carboxylic acids is 1. The number of carbonyl (C=O) groups is 1. The maximum absolute atomic E-state index is 12.9. The van der Waals surface area contributed by atoms with E-state index in [0.29, 0.717) is 28.5 Å². The Labute approximate surface area is 215 Å². The van der Waals surface area contributed by atoms with Crippen molar-refractivity contribution in [2.75, 3.05) is 26.6 Å². The number of benzene rings is 4. The summed E-state index contributed by atoms with van der Waals surface area (Å²) in [6, 6.07) is 23.7. The van der Waals surface area contributed by atoms with E-state index in [1.54, 1.807) is 51.9 Å². The van der Waals surface area contributed by atoms with Gasteiger partial charge in [0, 0.05) is 34.7 Å². The molecule has 0 fully saturated rings. The molecule has 0 saturated carbocycles. The molecule has 0 saturated heterocycles. The van der Waals surface area contributed by atoms with Gasteiger partial charge >= 0.3 is 0 Å². The number of nitrogens with one attached hydrogen (secondary N) is 1. The molecule has 186 valence electrons. The van der Waals surface area contributed by atoms with Crippen molar-refractivity contribution in [2.45, 2.75) is 6.92 Å². The summed E-state index contributed by atoms with van der Waals surface area (Å²) in [5.41, 5.74) is 4.84. The van der Waals surface area contributed by atoms with E-state index in [2.05, 4.69) is 35.6 Å². The molecule has 1 aromatic heterocycles. The van der Waals surface area contributed by atoms with Crippen LogP contribution in [0.4, 0.5) is 5.69 Å². The SMILES string of the molecule is COc1ccc(NC(=O)/C=C(\C)c2cc3c(-c4ccc5ccccc5c4)coc3cc2OC)c(OC)c1. The van der Waals surface area contributed by atoms with Crippen molar-refractivity contribution in [1.29, 1.82) is 0 Å². The van der Waals surface area contributed by atoms with Gasteiger partial charge in [0.1, 0.15) is 22.8 Å². The Balaban J connectivity index is 1.50. The summed E-state index contributed by atoms with van der Waals surface area (Å²) in [5.74, 6) is 1.48. The third-order valence-electron chi connectivity index (χ3n) is 6.40. The zero-order valence-corrected chi connectivity index (χ0v) is 21.1. The molecular weight excluding hydrogens is 466 g/mol. The van der Waals surface area contributed by atoms with Crippen LogP contribution in [-0.2, 0) is 4.79 Å². The summed E-state index contributed by atoms with van der Waals surface area (Å²) in [7, 11) is 4.73. The highest BCUT2D eigenvalue weighted by Gasteiger charge is 2.16. The van der Waals surface area contributed by atoms with E-state index in [0.717, 1.165) is 33.0 Å². The summed E-state index contributed by atoms with van der Waals surface area (Å²) >= 11 is 0. The highest BCUT2D eigenvalue weighted by Crippen LogP contribution is 2.38. The monoisotopic (exact) mass is 493 g/mol. The van der Waals surface area contributed by atoms with Crippen LogP contribution in [0.3, 0.4) is 0 Å². The average Bonchev–Trinajstić information content (AvgIpc) is 3.35. The molecule has 0 atom stereocenters. The first-order chi connectivity index (χ1) is 18.0. The molecule has 5 aromatic rings. The third-order valence-corrected chi connectivity index (χ3v) is 6.40. The predicted octanol–water partition coefficient (Wildman–Crippen LogP) is 7.32. The number of amides is 1. The molecule has 0 radical (unpaired) electrons. The van der Waals surface area contributed by atoms with Crippen LogP contribution in [0.5, 0.6) is 17.2 Å². The lowest BCUT2D eigenvalue weighted by atomic mass is 9.97. The minimum atomic E-state index is -0.287. The van der Waals surface area contributed by atoms with Crippen molar-refractivity contribution in [3.63, 3.8) is 0 Å². The van der Waals surface area contributed by atoms with Crippen molar-refractivity contribution >= 4 is 38.9 Å². The lowest BCUT2D eigenvalue weighted by molar-refractivity contribution is -0.111. The second kappa shape index (κ2) is 10.1. The fraction of sp³-hybridized carbons (Fsp3) is 0.129. The Hall–Kier alpha value is -4.71. The zero-order valence-electron chi connectivity index (χ0n) is 21.1. The lowest BCUT2D eigenvalue weighted by Crippen LogP contribution is -2.10. The van der Waals surface area contributed by atoms with E-state index < -0.39 is 0 Å². The van der Waals surface area contributed by atoms with Crippen LogP contribution in [0.15, 0.2) is 89.6 Å². The fourth-order valence-electron chi connectivity index (χ4n) is 4.46. The summed E-state index contributed by atoms with van der Waals surface area (Å²) in [5, 5.41) is 6.16. The molecule has 1 heterocycles. The van der Waals surface area contributed by atoms with Crippen LogP contribution < -0.4 is 19.5 Å². The first-order valence-corrected chi connectivity index (χ1v) is 11.8. The van der Waals surface area contributed by atoms with Crippen molar-refractivity contribution in [2.24, 2.45) is 0 Å². The molecule has 1 amide bonds. The Kier molecular flexibility index (Phi) is 6.56. The van der Waals surface area contributed by atoms with Crippen molar-refractivity contribution in [3.8, 4) is 28.4 Å². The van der Waals surface area contributed by atoms with Crippen LogP contribution >= 0.6 is 0 Å². The number of hydrogen-bond acceptors (Lipinski definition) is 5. The van der Waals surface area contributed by atoms with Crippen LogP contribution in [0.25, 0.3) is 38.4 Å². The van der Waals surface area contributed by atoms with Crippen molar-refractivity contribution in [3.05, 3.63) is 90.7 Å². The van der Waals surface area contributed by atoms with Gasteiger partial charge in [0.05, 0.1) is 33.3 Å². The van der Waals surface area contributed by atoms with Gasteiger partial charge in [-0.2, -0.15) is 0 Å². The summed E-state index contributed by atoms with van der Waals surface area (Å²) < 4.78 is 22.2. The normalized spacial score (nSPS) is 11.5. The highest BCUT2D eigenvalue weighted by atomic mass is 16.5. The Morgan fingerprint density at radius 2 is 1.62 bits per heavy atom. The molecule has 0 bridgehead atoms. The van der Waals surface area contributed by atoms with Gasteiger partial charge in [-0.25, -0.2) is 0 Å². The number of allylic oxidation sites excluding steroid dienone is 1. The van der Waals surface area contributed by atoms with Gasteiger partial charge in [0.2, 0.25) is 5.91 Å². The summed E-state index contributed by atoms with van der Waals surface area (Å²) in [6.45, 7) is 1.88. The topological polar surface area (TPSA) is 69.9 Å². The molecule has 6 heteroatoms. The maximum atomic E-state index is 12.9. The van der Waals surface area contributed by atoms with E-state index >= 15 is 0 Å². The average molecular weight is 494 g/mol. The Morgan fingerprint density at radius 1 is 0.838 bits per heavy atom. The number of fused-ring (bicyclic) bond motifs is 2. The molecule has 5 rings (SSSR count). The number of furan rings is 1. The lowest BCUT2D eigenvalue weighted by Gasteiger charge is -2.12. The molecule has 37 heavy (non-hydrogen) atoms. The van der Waals surface area contributed by atoms with E-state index in [-0.39, 0.29) is 5.91 Å². The minimum absolute atomic E-state index is 0.287. The number of methoxy groups -OCH3 is 3.